The topological polar surface area (TPSA) is 135 Å². The van der Waals surface area contributed by atoms with Crippen LogP contribution in [0.15, 0.2) is 70.1 Å². The molecule has 2 aromatic carbocycles. The van der Waals surface area contributed by atoms with Gasteiger partial charge in [-0.2, -0.15) is 5.10 Å². The highest BCUT2D eigenvalue weighted by Crippen LogP contribution is 2.19. The molecule has 0 aliphatic heterocycles. The third-order valence-corrected chi connectivity index (χ3v) is 5.32. The van der Waals surface area contributed by atoms with Crippen LogP contribution in [0.25, 0.3) is 10.8 Å². The largest absolute Gasteiger partial charge is 0.459 e. The highest BCUT2D eigenvalue weighted by Gasteiger charge is 2.19. The Morgan fingerprint density at radius 3 is 2.31 bits per heavy atom. The third kappa shape index (κ3) is 4.81. The first-order valence-electron chi connectivity index (χ1n) is 10.8. The van der Waals surface area contributed by atoms with Crippen LogP contribution in [0.4, 0.5) is 5.69 Å². The molecule has 0 saturated heterocycles. The van der Waals surface area contributed by atoms with Gasteiger partial charge in [-0.25, -0.2) is 4.68 Å². The van der Waals surface area contributed by atoms with Gasteiger partial charge in [0.2, 0.25) is 0 Å². The standard InChI is InChI=1S/C25H23N5O5/c1-14(2)30-25(34)18-8-5-4-7-17(18)21(29-30)24(33)28-27-22(31)16-11-10-15(3)19(13-16)26-23(32)20-9-6-12-35-20/h4-14H,1-3H3,(H,26,32)(H,27,31)(H,28,33). The molecule has 0 aliphatic carbocycles. The molecule has 0 atom stereocenters. The Morgan fingerprint density at radius 2 is 1.63 bits per heavy atom. The van der Waals surface area contributed by atoms with Gasteiger partial charge >= 0.3 is 0 Å². The van der Waals surface area contributed by atoms with Crippen LogP contribution >= 0.6 is 0 Å². The summed E-state index contributed by atoms with van der Waals surface area (Å²) >= 11 is 0. The van der Waals surface area contributed by atoms with Crippen molar-refractivity contribution in [2.24, 2.45) is 0 Å². The SMILES string of the molecule is Cc1ccc(C(=O)NNC(=O)c2nn(C(C)C)c(=O)c3ccccc23)cc1NC(=O)c1ccco1. The summed E-state index contributed by atoms with van der Waals surface area (Å²) in [5.74, 6) is -1.60. The van der Waals surface area contributed by atoms with Crippen molar-refractivity contribution in [3.63, 3.8) is 0 Å². The summed E-state index contributed by atoms with van der Waals surface area (Å²) in [5.41, 5.74) is 5.76. The number of hydrogen-bond acceptors (Lipinski definition) is 6. The van der Waals surface area contributed by atoms with Crippen LogP contribution < -0.4 is 21.7 Å². The van der Waals surface area contributed by atoms with Crippen LogP contribution in [0.3, 0.4) is 0 Å². The van der Waals surface area contributed by atoms with Crippen molar-refractivity contribution < 1.29 is 18.8 Å². The van der Waals surface area contributed by atoms with E-state index < -0.39 is 17.7 Å². The predicted octanol–water partition coefficient (Wildman–Crippen LogP) is 3.21. The average molecular weight is 473 g/mol. The van der Waals surface area contributed by atoms with Gasteiger partial charge in [0.05, 0.1) is 17.7 Å². The van der Waals surface area contributed by atoms with Gasteiger partial charge in [-0.3, -0.25) is 30.0 Å². The number of rotatable bonds is 5. The first-order valence-corrected chi connectivity index (χ1v) is 10.8. The van der Waals surface area contributed by atoms with Crippen molar-refractivity contribution in [3.8, 4) is 0 Å². The quantitative estimate of drug-likeness (QED) is 0.381. The van der Waals surface area contributed by atoms with Gasteiger partial charge in [0.15, 0.2) is 11.5 Å². The van der Waals surface area contributed by atoms with E-state index in [1.807, 2.05) is 0 Å². The highest BCUT2D eigenvalue weighted by atomic mass is 16.3. The van der Waals surface area contributed by atoms with Crippen molar-refractivity contribution in [2.45, 2.75) is 26.8 Å². The van der Waals surface area contributed by atoms with Crippen molar-refractivity contribution in [1.82, 2.24) is 20.6 Å². The number of nitrogens with one attached hydrogen (secondary N) is 3. The van der Waals surface area contributed by atoms with Crippen LogP contribution in [0.1, 0.15) is 56.9 Å². The Morgan fingerprint density at radius 1 is 0.914 bits per heavy atom. The second-order valence-electron chi connectivity index (χ2n) is 8.11. The molecule has 10 heteroatoms. The Bertz CT molecular complexity index is 1490. The minimum absolute atomic E-state index is 0.00417. The Hall–Kier alpha value is -4.73. The number of hydrazine groups is 1. The number of carbonyl (C=O) groups is 3. The van der Waals surface area contributed by atoms with Gasteiger partial charge in [-0.05, 0) is 56.7 Å². The number of aryl methyl sites for hydroxylation is 1. The fraction of sp³-hybridized carbons (Fsp3) is 0.160. The molecule has 0 saturated carbocycles. The molecule has 0 fully saturated rings. The van der Waals surface area contributed by atoms with E-state index >= 15 is 0 Å². The molecule has 4 rings (SSSR count). The normalized spacial score (nSPS) is 10.9. The summed E-state index contributed by atoms with van der Waals surface area (Å²) in [6.45, 7) is 5.35. The van der Waals surface area contributed by atoms with Gasteiger partial charge in [0.25, 0.3) is 23.3 Å². The molecular formula is C25H23N5O5. The first kappa shape index (κ1) is 23.4. The molecule has 10 nitrogen and oxygen atoms in total. The molecule has 3 N–H and O–H groups in total. The molecule has 2 aromatic heterocycles. The fourth-order valence-electron chi connectivity index (χ4n) is 3.46. The minimum atomic E-state index is -0.678. The summed E-state index contributed by atoms with van der Waals surface area (Å²) in [4.78, 5) is 50.6. The summed E-state index contributed by atoms with van der Waals surface area (Å²) < 4.78 is 6.32. The molecule has 2 heterocycles. The number of nitrogens with zero attached hydrogens (tertiary/aromatic N) is 2. The number of fused-ring (bicyclic) bond motifs is 1. The maximum absolute atomic E-state index is 12.9. The van der Waals surface area contributed by atoms with Crippen LogP contribution in [0, 0.1) is 6.92 Å². The van der Waals surface area contributed by atoms with Crippen LogP contribution in [0.5, 0.6) is 0 Å². The number of hydrogen-bond donors (Lipinski definition) is 3. The lowest BCUT2D eigenvalue weighted by Gasteiger charge is -2.14. The van der Waals surface area contributed by atoms with E-state index in [0.717, 1.165) is 5.56 Å². The van der Waals surface area contributed by atoms with Crippen molar-refractivity contribution in [3.05, 3.63) is 93.8 Å². The highest BCUT2D eigenvalue weighted by molar-refractivity contribution is 6.06. The third-order valence-electron chi connectivity index (χ3n) is 5.32. The number of aromatic nitrogens is 2. The second kappa shape index (κ2) is 9.64. The van der Waals surface area contributed by atoms with Crippen LogP contribution in [-0.2, 0) is 0 Å². The molecular weight excluding hydrogens is 450 g/mol. The van der Waals surface area contributed by atoms with Crippen LogP contribution in [-0.4, -0.2) is 27.5 Å². The Kier molecular flexibility index (Phi) is 6.45. The molecule has 4 aromatic rings. The molecule has 35 heavy (non-hydrogen) atoms. The number of furan rings is 1. The minimum Gasteiger partial charge on any atom is -0.459 e. The zero-order valence-electron chi connectivity index (χ0n) is 19.3. The Balaban J connectivity index is 1.53. The lowest BCUT2D eigenvalue weighted by molar-refractivity contribution is 0.0843. The molecule has 0 radical (unpaired) electrons. The molecule has 0 unspecified atom stereocenters. The molecule has 178 valence electrons. The van der Waals surface area contributed by atoms with E-state index in [-0.39, 0.29) is 28.6 Å². The lowest BCUT2D eigenvalue weighted by Crippen LogP contribution is -2.43. The van der Waals surface area contributed by atoms with Crippen molar-refractivity contribution >= 4 is 34.2 Å². The fourth-order valence-corrected chi connectivity index (χ4v) is 3.46. The average Bonchev–Trinajstić information content (AvgIpc) is 3.39. The summed E-state index contributed by atoms with van der Waals surface area (Å²) in [7, 11) is 0. The summed E-state index contributed by atoms with van der Waals surface area (Å²) in [6, 6.07) is 14.2. The zero-order valence-corrected chi connectivity index (χ0v) is 19.3. The van der Waals surface area contributed by atoms with Crippen molar-refractivity contribution in [2.75, 3.05) is 5.32 Å². The van der Waals surface area contributed by atoms with Crippen molar-refractivity contribution in [1.29, 1.82) is 0 Å². The van der Waals surface area contributed by atoms with E-state index in [9.17, 15) is 19.2 Å². The van der Waals surface area contributed by atoms with Gasteiger partial charge < -0.3 is 9.73 Å². The molecule has 0 spiro atoms. The smallest absolute Gasteiger partial charge is 0.291 e. The molecule has 0 bridgehead atoms. The van der Waals surface area contributed by atoms with Gasteiger partial charge in [0.1, 0.15) is 0 Å². The lowest BCUT2D eigenvalue weighted by atomic mass is 10.1. The summed E-state index contributed by atoms with van der Waals surface area (Å²) in [5, 5.41) is 7.64. The Labute approximate surface area is 199 Å². The van der Waals surface area contributed by atoms with Gasteiger partial charge in [0, 0.05) is 16.6 Å². The van der Waals surface area contributed by atoms with Gasteiger partial charge in [-0.15, -0.1) is 0 Å². The monoisotopic (exact) mass is 473 g/mol. The number of anilines is 1. The maximum Gasteiger partial charge on any atom is 0.291 e. The van der Waals surface area contributed by atoms with E-state index in [0.29, 0.717) is 16.5 Å². The zero-order chi connectivity index (χ0) is 25.1. The first-order chi connectivity index (χ1) is 16.8. The summed E-state index contributed by atoms with van der Waals surface area (Å²) in [6.07, 6.45) is 1.39. The number of benzene rings is 2. The number of amides is 3. The van der Waals surface area contributed by atoms with E-state index in [4.69, 9.17) is 4.42 Å². The maximum atomic E-state index is 12.9. The predicted molar refractivity (Wildman–Crippen MR) is 129 cm³/mol. The van der Waals surface area contributed by atoms with E-state index in [2.05, 4.69) is 21.3 Å². The van der Waals surface area contributed by atoms with Crippen LogP contribution in [0.2, 0.25) is 0 Å². The van der Waals surface area contributed by atoms with E-state index in [1.54, 1.807) is 63.2 Å². The second-order valence-corrected chi connectivity index (χ2v) is 8.11. The molecule has 3 amide bonds. The molecule has 0 aliphatic rings. The number of carbonyl (C=O) groups excluding carboxylic acids is 3. The van der Waals surface area contributed by atoms with Gasteiger partial charge in [-0.1, -0.05) is 24.3 Å². The van der Waals surface area contributed by atoms with E-state index in [1.165, 1.54) is 23.1 Å².